The maximum absolute atomic E-state index is 13.1. The lowest BCUT2D eigenvalue weighted by Crippen LogP contribution is -2.29. The van der Waals surface area contributed by atoms with Crippen molar-refractivity contribution in [1.29, 1.82) is 0 Å². The Labute approximate surface area is 218 Å². The second-order valence-corrected chi connectivity index (χ2v) is 7.98. The Morgan fingerprint density at radius 3 is 2.34 bits per heavy atom. The molecule has 12 heteroatoms. The van der Waals surface area contributed by atoms with Crippen molar-refractivity contribution in [3.8, 4) is 22.4 Å². The molecule has 1 aromatic carbocycles. The van der Waals surface area contributed by atoms with Crippen molar-refractivity contribution < 1.29 is 13.2 Å². The van der Waals surface area contributed by atoms with E-state index in [-0.39, 0.29) is 43.0 Å². The van der Waals surface area contributed by atoms with E-state index in [1.807, 2.05) is 16.9 Å². The number of benzene rings is 1. The molecule has 0 aliphatic carbocycles. The van der Waals surface area contributed by atoms with Crippen LogP contribution < -0.4 is 11.1 Å². The van der Waals surface area contributed by atoms with Gasteiger partial charge < -0.3 is 11.1 Å². The number of piperidine rings is 1. The molecule has 0 unspecified atom stereocenters. The van der Waals surface area contributed by atoms with E-state index in [4.69, 9.17) is 5.73 Å². The Bertz CT molecular complexity index is 1290. The molecule has 0 bridgehead atoms. The molecular formula is C23H24Cl3F3N6. The third-order valence-electron chi connectivity index (χ3n) is 5.86. The first-order chi connectivity index (χ1) is 15.4. The van der Waals surface area contributed by atoms with Crippen molar-refractivity contribution in [1.82, 2.24) is 25.1 Å². The average molecular weight is 548 g/mol. The number of nitrogen functional groups attached to an aromatic ring is 1. The monoisotopic (exact) mass is 546 g/mol. The summed E-state index contributed by atoms with van der Waals surface area (Å²) in [6, 6.07) is 7.42. The molecule has 35 heavy (non-hydrogen) atoms. The van der Waals surface area contributed by atoms with Gasteiger partial charge in [-0.1, -0.05) is 6.07 Å². The first-order valence-electron chi connectivity index (χ1n) is 10.4. The van der Waals surface area contributed by atoms with Crippen LogP contribution in [0.3, 0.4) is 0 Å². The van der Waals surface area contributed by atoms with Gasteiger partial charge in [0.25, 0.3) is 0 Å². The van der Waals surface area contributed by atoms with Crippen molar-refractivity contribution in [2.75, 3.05) is 18.8 Å². The molecule has 1 fully saturated rings. The predicted octanol–water partition coefficient (Wildman–Crippen LogP) is 5.95. The van der Waals surface area contributed by atoms with Crippen LogP contribution in [0.5, 0.6) is 0 Å². The van der Waals surface area contributed by atoms with E-state index in [2.05, 4.69) is 20.4 Å². The van der Waals surface area contributed by atoms with Crippen LogP contribution in [0.4, 0.5) is 19.0 Å². The second kappa shape index (κ2) is 11.4. The van der Waals surface area contributed by atoms with Gasteiger partial charge in [0.05, 0.1) is 23.5 Å². The number of hydrogen-bond acceptors (Lipinski definition) is 5. The van der Waals surface area contributed by atoms with Crippen molar-refractivity contribution in [2.24, 2.45) is 0 Å². The molecule has 0 amide bonds. The predicted molar refractivity (Wildman–Crippen MR) is 138 cm³/mol. The lowest BCUT2D eigenvalue weighted by Gasteiger charge is -2.22. The molecule has 1 aliphatic rings. The van der Waals surface area contributed by atoms with Crippen LogP contribution >= 0.6 is 37.2 Å². The SMILES string of the molecule is Cl.Cl.Cl.Nc1ncc(-c2cnn(C3CCNCC3)c2)cc1-c1cc2cc(C(F)(F)F)ccc2cn1. The van der Waals surface area contributed by atoms with E-state index in [1.165, 1.54) is 6.07 Å². The Morgan fingerprint density at radius 2 is 1.63 bits per heavy atom. The van der Waals surface area contributed by atoms with Crippen molar-refractivity contribution in [3.05, 3.63) is 60.7 Å². The van der Waals surface area contributed by atoms with Crippen molar-refractivity contribution in [3.63, 3.8) is 0 Å². The summed E-state index contributed by atoms with van der Waals surface area (Å²) in [6.45, 7) is 1.94. The number of hydrogen-bond donors (Lipinski definition) is 2. The maximum atomic E-state index is 13.1. The summed E-state index contributed by atoms with van der Waals surface area (Å²) in [5.41, 5.74) is 8.16. The van der Waals surface area contributed by atoms with E-state index in [1.54, 1.807) is 24.7 Å². The van der Waals surface area contributed by atoms with Crippen LogP contribution in [0.15, 0.2) is 55.1 Å². The van der Waals surface area contributed by atoms with Crippen LogP contribution in [0.1, 0.15) is 24.4 Å². The highest BCUT2D eigenvalue weighted by Gasteiger charge is 2.30. The molecule has 0 atom stereocenters. The van der Waals surface area contributed by atoms with Gasteiger partial charge in [0, 0.05) is 40.7 Å². The zero-order valence-corrected chi connectivity index (χ0v) is 20.8. The zero-order valence-electron chi connectivity index (χ0n) is 18.3. The largest absolute Gasteiger partial charge is 0.416 e. The number of halogens is 6. The summed E-state index contributed by atoms with van der Waals surface area (Å²) in [6.07, 6.45) is 4.64. The molecule has 5 rings (SSSR count). The number of nitrogens with one attached hydrogen (secondary N) is 1. The minimum Gasteiger partial charge on any atom is -0.383 e. The molecule has 4 heterocycles. The molecule has 0 spiro atoms. The third kappa shape index (κ3) is 5.98. The molecule has 1 saturated heterocycles. The first kappa shape index (κ1) is 28.6. The number of pyridine rings is 2. The van der Waals surface area contributed by atoms with Crippen LogP contribution in [-0.4, -0.2) is 32.8 Å². The van der Waals surface area contributed by atoms with Crippen LogP contribution in [0.2, 0.25) is 0 Å². The Kier molecular flexibility index (Phi) is 9.36. The van der Waals surface area contributed by atoms with E-state index in [0.29, 0.717) is 28.1 Å². The molecule has 188 valence electrons. The molecular weight excluding hydrogens is 524 g/mol. The highest BCUT2D eigenvalue weighted by Crippen LogP contribution is 2.34. The van der Waals surface area contributed by atoms with Crippen LogP contribution in [0, 0.1) is 0 Å². The zero-order chi connectivity index (χ0) is 22.3. The Hall–Kier alpha value is -2.59. The summed E-state index contributed by atoms with van der Waals surface area (Å²) in [7, 11) is 0. The second-order valence-electron chi connectivity index (χ2n) is 7.98. The van der Waals surface area contributed by atoms with E-state index in [0.717, 1.165) is 49.2 Å². The number of nitrogens with two attached hydrogens (primary N) is 1. The summed E-state index contributed by atoms with van der Waals surface area (Å²) in [5.74, 6) is 0.262. The summed E-state index contributed by atoms with van der Waals surface area (Å²) < 4.78 is 41.4. The van der Waals surface area contributed by atoms with Gasteiger partial charge in [0.2, 0.25) is 0 Å². The fourth-order valence-corrected chi connectivity index (χ4v) is 4.06. The third-order valence-corrected chi connectivity index (χ3v) is 5.86. The number of alkyl halides is 3. The molecule has 0 radical (unpaired) electrons. The summed E-state index contributed by atoms with van der Waals surface area (Å²) in [4.78, 5) is 8.72. The number of rotatable bonds is 3. The summed E-state index contributed by atoms with van der Waals surface area (Å²) >= 11 is 0. The topological polar surface area (TPSA) is 81.6 Å². The molecule has 4 aromatic rings. The fourth-order valence-electron chi connectivity index (χ4n) is 4.06. The Balaban J connectivity index is 0.00000144. The lowest BCUT2D eigenvalue weighted by atomic mass is 10.0. The number of anilines is 1. The van der Waals surface area contributed by atoms with Gasteiger partial charge in [0.1, 0.15) is 5.82 Å². The highest BCUT2D eigenvalue weighted by atomic mass is 35.5. The summed E-state index contributed by atoms with van der Waals surface area (Å²) in [5, 5.41) is 8.92. The van der Waals surface area contributed by atoms with Crippen LogP contribution in [0.25, 0.3) is 33.2 Å². The van der Waals surface area contributed by atoms with Gasteiger partial charge in [-0.25, -0.2) is 4.98 Å². The number of fused-ring (bicyclic) bond motifs is 1. The van der Waals surface area contributed by atoms with E-state index < -0.39 is 11.7 Å². The van der Waals surface area contributed by atoms with E-state index in [9.17, 15) is 13.2 Å². The maximum Gasteiger partial charge on any atom is 0.416 e. The smallest absolute Gasteiger partial charge is 0.383 e. The van der Waals surface area contributed by atoms with Gasteiger partial charge in [-0.15, -0.1) is 37.2 Å². The molecule has 3 aromatic heterocycles. The standard InChI is InChI=1S/C23H21F3N6.3ClH/c24-23(25,26)18-2-1-14-10-29-21(9-15(14)7-18)20-8-16(11-30-22(20)27)17-12-31-32(13-17)19-3-5-28-6-4-19;;;/h1-2,7-13,19,28H,3-6H2,(H2,27,30);3*1H. The minimum absolute atomic E-state index is 0. The van der Waals surface area contributed by atoms with Crippen molar-refractivity contribution in [2.45, 2.75) is 25.1 Å². The van der Waals surface area contributed by atoms with Gasteiger partial charge in [-0.3, -0.25) is 9.67 Å². The van der Waals surface area contributed by atoms with Gasteiger partial charge in [0.15, 0.2) is 0 Å². The van der Waals surface area contributed by atoms with Gasteiger partial charge in [-0.05, 0) is 55.6 Å². The molecule has 3 N–H and O–H groups in total. The lowest BCUT2D eigenvalue weighted by molar-refractivity contribution is -0.137. The number of nitrogens with zero attached hydrogens (tertiary/aromatic N) is 4. The van der Waals surface area contributed by atoms with Gasteiger partial charge >= 0.3 is 6.18 Å². The minimum atomic E-state index is -4.41. The van der Waals surface area contributed by atoms with Gasteiger partial charge in [-0.2, -0.15) is 18.3 Å². The van der Waals surface area contributed by atoms with Crippen LogP contribution in [-0.2, 0) is 6.18 Å². The first-order valence-corrected chi connectivity index (χ1v) is 10.4. The van der Waals surface area contributed by atoms with E-state index >= 15 is 0 Å². The fraction of sp³-hybridized carbons (Fsp3) is 0.261. The molecule has 0 saturated carbocycles. The highest BCUT2D eigenvalue weighted by molar-refractivity contribution is 5.88. The Morgan fingerprint density at radius 1 is 0.886 bits per heavy atom. The molecule has 1 aliphatic heterocycles. The number of aromatic nitrogens is 4. The molecule has 6 nitrogen and oxygen atoms in total. The quantitative estimate of drug-likeness (QED) is 0.331. The normalized spacial score (nSPS) is 14.0. The van der Waals surface area contributed by atoms with Crippen molar-refractivity contribution >= 4 is 53.8 Å². The average Bonchev–Trinajstić information content (AvgIpc) is 3.29.